The smallest absolute Gasteiger partial charge is 0.330 e. The summed E-state index contributed by atoms with van der Waals surface area (Å²) < 4.78 is 43.8. The van der Waals surface area contributed by atoms with Crippen LogP contribution >= 0.6 is 0 Å². The lowest BCUT2D eigenvalue weighted by molar-refractivity contribution is -0.0910. The second kappa shape index (κ2) is 11.1. The van der Waals surface area contributed by atoms with E-state index in [0.717, 1.165) is 22.9 Å². The van der Waals surface area contributed by atoms with Gasteiger partial charge in [-0.05, 0) is 16.7 Å². The van der Waals surface area contributed by atoms with E-state index in [1.165, 1.54) is 16.8 Å². The minimum absolute atomic E-state index is 0.0576. The Balaban J connectivity index is 1.55. The molecular formula is C29H28N2O7S. The highest BCUT2D eigenvalue weighted by Gasteiger charge is 2.43. The molecule has 1 aliphatic rings. The molecule has 0 aliphatic carbocycles. The van der Waals surface area contributed by atoms with Gasteiger partial charge in [-0.1, -0.05) is 91.0 Å². The Bertz CT molecular complexity index is 1520. The third-order valence-corrected chi connectivity index (χ3v) is 7.24. The molecule has 1 N–H and O–H groups in total. The zero-order valence-electron chi connectivity index (χ0n) is 21.2. The van der Waals surface area contributed by atoms with E-state index >= 15 is 0 Å². The Morgan fingerprint density at radius 1 is 0.872 bits per heavy atom. The van der Waals surface area contributed by atoms with Crippen LogP contribution < -0.4 is 11.2 Å². The van der Waals surface area contributed by atoms with Crippen LogP contribution in [0.2, 0.25) is 0 Å². The van der Waals surface area contributed by atoms with Crippen LogP contribution in [0.25, 0.3) is 0 Å². The number of aromatic amines is 1. The predicted octanol–water partition coefficient (Wildman–Crippen LogP) is 3.18. The van der Waals surface area contributed by atoms with Crippen molar-refractivity contribution in [1.82, 2.24) is 9.55 Å². The standard InChI is InChI=1S/C29H28N2O7S/c1-39(34,35)38-24-19-27(31-18-17-26(32)30-28(31)33)37-25(24)20-36-29(21-11-5-2-6-12-21,22-13-7-3-8-14-22)23-15-9-4-10-16-23/h2-18,24-25,27H,19-20H2,1H3,(H,30,32,33). The molecule has 0 bridgehead atoms. The van der Waals surface area contributed by atoms with E-state index in [1.807, 2.05) is 91.0 Å². The van der Waals surface area contributed by atoms with Gasteiger partial charge in [0.2, 0.25) is 0 Å². The van der Waals surface area contributed by atoms with E-state index in [2.05, 4.69) is 4.98 Å². The second-order valence-corrected chi connectivity index (χ2v) is 10.9. The summed E-state index contributed by atoms with van der Waals surface area (Å²) >= 11 is 0. The number of ether oxygens (including phenoxy) is 2. The van der Waals surface area contributed by atoms with Crippen molar-refractivity contribution in [3.63, 3.8) is 0 Å². The maximum Gasteiger partial charge on any atom is 0.330 e. The SMILES string of the molecule is CS(=O)(=O)OC1CC(n2ccc(=O)[nH]c2=O)OC1COC(c1ccccc1)(c1ccccc1)c1ccccc1. The van der Waals surface area contributed by atoms with E-state index in [9.17, 15) is 18.0 Å². The Kier molecular flexibility index (Phi) is 7.62. The van der Waals surface area contributed by atoms with Gasteiger partial charge < -0.3 is 9.47 Å². The van der Waals surface area contributed by atoms with Gasteiger partial charge in [-0.25, -0.2) is 4.79 Å². The van der Waals surface area contributed by atoms with Crippen molar-refractivity contribution in [2.75, 3.05) is 12.9 Å². The topological polar surface area (TPSA) is 117 Å². The largest absolute Gasteiger partial charge is 0.358 e. The molecule has 10 heteroatoms. The number of benzene rings is 3. The van der Waals surface area contributed by atoms with E-state index in [0.29, 0.717) is 0 Å². The van der Waals surface area contributed by atoms with Gasteiger partial charge in [0.1, 0.15) is 24.0 Å². The second-order valence-electron chi connectivity index (χ2n) is 9.31. The fourth-order valence-corrected chi connectivity index (χ4v) is 5.63. The number of H-pyrrole nitrogens is 1. The number of nitrogens with zero attached hydrogens (tertiary/aromatic N) is 1. The van der Waals surface area contributed by atoms with E-state index in [1.54, 1.807) is 0 Å². The summed E-state index contributed by atoms with van der Waals surface area (Å²) in [7, 11) is -3.85. The van der Waals surface area contributed by atoms with Gasteiger partial charge in [-0.2, -0.15) is 8.42 Å². The zero-order chi connectivity index (χ0) is 27.5. The van der Waals surface area contributed by atoms with Crippen molar-refractivity contribution in [3.8, 4) is 0 Å². The van der Waals surface area contributed by atoms with Crippen LogP contribution in [-0.4, -0.2) is 43.0 Å². The highest BCUT2D eigenvalue weighted by atomic mass is 32.2. The van der Waals surface area contributed by atoms with Gasteiger partial charge in [0.15, 0.2) is 0 Å². The lowest BCUT2D eigenvalue weighted by atomic mass is 9.80. The normalized spacial score (nSPS) is 19.7. The van der Waals surface area contributed by atoms with Gasteiger partial charge in [0, 0.05) is 18.7 Å². The van der Waals surface area contributed by atoms with Crippen molar-refractivity contribution < 1.29 is 22.1 Å². The molecule has 3 atom stereocenters. The summed E-state index contributed by atoms with van der Waals surface area (Å²) in [4.78, 5) is 26.2. The van der Waals surface area contributed by atoms with Crippen LogP contribution in [0.5, 0.6) is 0 Å². The molecule has 1 fully saturated rings. The minimum Gasteiger partial charge on any atom is -0.358 e. The van der Waals surface area contributed by atoms with Crippen LogP contribution in [0.3, 0.4) is 0 Å². The first-order valence-corrected chi connectivity index (χ1v) is 14.2. The average molecular weight is 549 g/mol. The predicted molar refractivity (Wildman–Crippen MR) is 145 cm³/mol. The molecule has 39 heavy (non-hydrogen) atoms. The first-order chi connectivity index (χ1) is 18.8. The molecule has 0 amide bonds. The molecule has 1 aliphatic heterocycles. The van der Waals surface area contributed by atoms with Crippen LogP contribution in [0.4, 0.5) is 0 Å². The third-order valence-electron chi connectivity index (χ3n) is 6.65. The quantitative estimate of drug-likeness (QED) is 0.252. The average Bonchev–Trinajstić information content (AvgIpc) is 3.31. The highest BCUT2D eigenvalue weighted by Crippen LogP contribution is 2.42. The zero-order valence-corrected chi connectivity index (χ0v) is 22.0. The first-order valence-electron chi connectivity index (χ1n) is 12.4. The van der Waals surface area contributed by atoms with Crippen molar-refractivity contribution in [2.24, 2.45) is 0 Å². The number of hydrogen-bond donors (Lipinski definition) is 1. The summed E-state index contributed by atoms with van der Waals surface area (Å²) in [6.45, 7) is -0.0620. The van der Waals surface area contributed by atoms with Crippen LogP contribution in [0, 0.1) is 0 Å². The summed E-state index contributed by atoms with van der Waals surface area (Å²) in [6, 6.07) is 30.4. The minimum atomic E-state index is -3.85. The molecule has 0 saturated carbocycles. The summed E-state index contributed by atoms with van der Waals surface area (Å²) in [5, 5.41) is 0. The molecule has 202 valence electrons. The third kappa shape index (κ3) is 5.79. The molecule has 0 radical (unpaired) electrons. The Labute approximate surface area is 225 Å². The monoisotopic (exact) mass is 548 g/mol. The molecule has 0 spiro atoms. The van der Waals surface area contributed by atoms with Gasteiger partial charge >= 0.3 is 5.69 Å². The lowest BCUT2D eigenvalue weighted by Gasteiger charge is -2.37. The molecular weight excluding hydrogens is 520 g/mol. The van der Waals surface area contributed by atoms with E-state index in [-0.39, 0.29) is 13.0 Å². The molecule has 4 aromatic rings. The van der Waals surface area contributed by atoms with Crippen LogP contribution in [0.15, 0.2) is 113 Å². The highest BCUT2D eigenvalue weighted by molar-refractivity contribution is 7.86. The maximum absolute atomic E-state index is 12.4. The van der Waals surface area contributed by atoms with Gasteiger partial charge in [-0.3, -0.25) is 18.5 Å². The van der Waals surface area contributed by atoms with E-state index < -0.39 is 45.4 Å². The van der Waals surface area contributed by atoms with Crippen molar-refractivity contribution >= 4 is 10.1 Å². The molecule has 5 rings (SSSR count). The molecule has 9 nitrogen and oxygen atoms in total. The fraction of sp³-hybridized carbons (Fsp3) is 0.241. The number of nitrogens with one attached hydrogen (secondary N) is 1. The Morgan fingerprint density at radius 3 is 1.85 bits per heavy atom. The Morgan fingerprint density at radius 2 is 1.38 bits per heavy atom. The summed E-state index contributed by atoms with van der Waals surface area (Å²) in [5.41, 5.74) is 0.337. The summed E-state index contributed by atoms with van der Waals surface area (Å²) in [6.07, 6.45) is -0.305. The van der Waals surface area contributed by atoms with E-state index in [4.69, 9.17) is 13.7 Å². The lowest BCUT2D eigenvalue weighted by Crippen LogP contribution is -2.39. The summed E-state index contributed by atoms with van der Waals surface area (Å²) in [5.74, 6) is 0. The van der Waals surface area contributed by atoms with Crippen molar-refractivity contribution in [3.05, 3.63) is 141 Å². The van der Waals surface area contributed by atoms with Gasteiger partial charge in [0.05, 0.1) is 12.9 Å². The number of hydrogen-bond acceptors (Lipinski definition) is 7. The molecule has 3 aromatic carbocycles. The molecule has 1 saturated heterocycles. The first kappa shape index (κ1) is 26.8. The van der Waals surface area contributed by atoms with Crippen molar-refractivity contribution in [1.29, 1.82) is 0 Å². The van der Waals surface area contributed by atoms with Gasteiger partial charge in [-0.15, -0.1) is 0 Å². The van der Waals surface area contributed by atoms with Crippen LogP contribution in [-0.2, 0) is 29.4 Å². The Hall–Kier alpha value is -3.83. The maximum atomic E-state index is 12.4. The van der Waals surface area contributed by atoms with Crippen molar-refractivity contribution in [2.45, 2.75) is 30.5 Å². The molecule has 1 aromatic heterocycles. The molecule has 3 unspecified atom stereocenters. The molecule has 2 heterocycles. The number of aromatic nitrogens is 2. The van der Waals surface area contributed by atoms with Crippen LogP contribution in [0.1, 0.15) is 29.3 Å². The number of rotatable bonds is 9. The van der Waals surface area contributed by atoms with Gasteiger partial charge in [0.25, 0.3) is 15.7 Å². The fourth-order valence-electron chi connectivity index (χ4n) is 4.98.